The third-order valence-corrected chi connectivity index (χ3v) is 2.92. The third kappa shape index (κ3) is 1.76. The Morgan fingerprint density at radius 1 is 1.54 bits per heavy atom. The van der Waals surface area contributed by atoms with Gasteiger partial charge in [0.25, 0.3) is 0 Å². The zero-order valence-corrected chi connectivity index (χ0v) is 8.65. The molecule has 0 saturated carbocycles. The van der Waals surface area contributed by atoms with Crippen LogP contribution in [0.4, 0.5) is 0 Å². The summed E-state index contributed by atoms with van der Waals surface area (Å²) in [5.74, 6) is 2.17. The highest BCUT2D eigenvalue weighted by Gasteiger charge is 2.06. The van der Waals surface area contributed by atoms with Gasteiger partial charge in [0, 0.05) is 5.38 Å². The van der Waals surface area contributed by atoms with Crippen molar-refractivity contribution in [2.45, 2.75) is 12.8 Å². The van der Waals surface area contributed by atoms with E-state index in [1.807, 2.05) is 24.4 Å². The van der Waals surface area contributed by atoms with Crippen molar-refractivity contribution in [2.24, 2.45) is 0 Å². The molecule has 0 N–H and O–H groups in total. The zero-order chi connectivity index (χ0) is 9.26. The van der Waals surface area contributed by atoms with E-state index in [2.05, 4.69) is 4.98 Å². The van der Waals surface area contributed by atoms with Crippen molar-refractivity contribution in [1.29, 1.82) is 0 Å². The van der Waals surface area contributed by atoms with E-state index in [4.69, 9.17) is 16.0 Å². The second kappa shape index (κ2) is 3.52. The topological polar surface area (TPSA) is 26.0 Å². The van der Waals surface area contributed by atoms with E-state index in [0.29, 0.717) is 5.88 Å². The molecule has 0 amide bonds. The summed E-state index contributed by atoms with van der Waals surface area (Å²) in [5.41, 5.74) is 0.869. The minimum Gasteiger partial charge on any atom is -0.460 e. The lowest BCUT2D eigenvalue weighted by Gasteiger charge is -1.87. The van der Waals surface area contributed by atoms with Gasteiger partial charge in [0.05, 0.1) is 5.88 Å². The van der Waals surface area contributed by atoms with Crippen molar-refractivity contribution >= 4 is 22.9 Å². The quantitative estimate of drug-likeness (QED) is 0.715. The molecule has 2 heterocycles. The van der Waals surface area contributed by atoms with Crippen LogP contribution in [0.3, 0.4) is 0 Å². The lowest BCUT2D eigenvalue weighted by atomic mass is 10.4. The Bertz CT molecular complexity index is 407. The van der Waals surface area contributed by atoms with E-state index in [1.54, 1.807) is 11.3 Å². The fraction of sp³-hybridized carbons (Fsp3) is 0.222. The van der Waals surface area contributed by atoms with Gasteiger partial charge in [-0.2, -0.15) is 0 Å². The van der Waals surface area contributed by atoms with Crippen LogP contribution >= 0.6 is 22.9 Å². The number of aromatic nitrogens is 1. The molecule has 0 unspecified atom stereocenters. The molecule has 0 aliphatic heterocycles. The smallest absolute Gasteiger partial charge is 0.153 e. The summed E-state index contributed by atoms with van der Waals surface area (Å²) in [5, 5.41) is 2.88. The Labute approximate surface area is 85.2 Å². The molecular weight excluding hydrogens is 206 g/mol. The van der Waals surface area contributed by atoms with Crippen LogP contribution in [0.15, 0.2) is 21.9 Å². The SMILES string of the molecule is Cc1ccc(-c2csc(CCl)n2)o1. The van der Waals surface area contributed by atoms with E-state index >= 15 is 0 Å². The first-order valence-electron chi connectivity index (χ1n) is 3.87. The van der Waals surface area contributed by atoms with Gasteiger partial charge in [0.2, 0.25) is 0 Å². The summed E-state index contributed by atoms with van der Waals surface area (Å²) < 4.78 is 5.43. The van der Waals surface area contributed by atoms with Gasteiger partial charge in [-0.15, -0.1) is 22.9 Å². The van der Waals surface area contributed by atoms with Crippen LogP contribution in [-0.4, -0.2) is 4.98 Å². The number of hydrogen-bond acceptors (Lipinski definition) is 3. The van der Waals surface area contributed by atoms with Crippen LogP contribution < -0.4 is 0 Å². The number of halogens is 1. The molecule has 2 rings (SSSR count). The van der Waals surface area contributed by atoms with Crippen molar-refractivity contribution in [1.82, 2.24) is 4.98 Å². The molecule has 0 aromatic carbocycles. The van der Waals surface area contributed by atoms with Gasteiger partial charge in [-0.25, -0.2) is 4.98 Å². The predicted molar refractivity (Wildman–Crippen MR) is 54.1 cm³/mol. The molecule has 0 atom stereocenters. The van der Waals surface area contributed by atoms with Crippen molar-refractivity contribution in [3.8, 4) is 11.5 Å². The molecule has 0 bridgehead atoms. The number of hydrogen-bond donors (Lipinski definition) is 0. The normalized spacial score (nSPS) is 10.6. The van der Waals surface area contributed by atoms with Crippen LogP contribution in [0, 0.1) is 6.92 Å². The van der Waals surface area contributed by atoms with E-state index in [-0.39, 0.29) is 0 Å². The van der Waals surface area contributed by atoms with Gasteiger partial charge in [0.1, 0.15) is 16.5 Å². The highest BCUT2D eigenvalue weighted by molar-refractivity contribution is 7.10. The number of furan rings is 1. The monoisotopic (exact) mass is 213 g/mol. The van der Waals surface area contributed by atoms with Gasteiger partial charge in [0.15, 0.2) is 5.76 Å². The molecule has 0 aliphatic rings. The van der Waals surface area contributed by atoms with Crippen LogP contribution in [0.1, 0.15) is 10.8 Å². The van der Waals surface area contributed by atoms with Gasteiger partial charge in [-0.05, 0) is 19.1 Å². The lowest BCUT2D eigenvalue weighted by molar-refractivity contribution is 0.546. The maximum atomic E-state index is 5.65. The van der Waals surface area contributed by atoms with Crippen LogP contribution in [0.2, 0.25) is 0 Å². The van der Waals surface area contributed by atoms with Gasteiger partial charge >= 0.3 is 0 Å². The predicted octanol–water partition coefficient (Wildman–Crippen LogP) is 3.45. The Kier molecular flexibility index (Phi) is 2.38. The molecule has 0 spiro atoms. The van der Waals surface area contributed by atoms with Crippen molar-refractivity contribution < 1.29 is 4.42 Å². The average molecular weight is 214 g/mol. The summed E-state index contributed by atoms with van der Waals surface area (Å²) in [6.45, 7) is 1.92. The van der Waals surface area contributed by atoms with E-state index in [0.717, 1.165) is 22.2 Å². The van der Waals surface area contributed by atoms with E-state index < -0.39 is 0 Å². The van der Waals surface area contributed by atoms with E-state index in [9.17, 15) is 0 Å². The van der Waals surface area contributed by atoms with Crippen LogP contribution in [-0.2, 0) is 5.88 Å². The molecule has 68 valence electrons. The molecule has 2 aromatic rings. The zero-order valence-electron chi connectivity index (χ0n) is 7.08. The lowest BCUT2D eigenvalue weighted by Crippen LogP contribution is -1.76. The van der Waals surface area contributed by atoms with Gasteiger partial charge in [-0.1, -0.05) is 0 Å². The number of alkyl halides is 1. The molecule has 4 heteroatoms. The second-order valence-electron chi connectivity index (χ2n) is 2.67. The van der Waals surface area contributed by atoms with Crippen LogP contribution in [0.5, 0.6) is 0 Å². The first-order chi connectivity index (χ1) is 6.29. The molecule has 0 radical (unpaired) electrons. The Balaban J connectivity index is 2.35. The van der Waals surface area contributed by atoms with Crippen molar-refractivity contribution in [3.05, 3.63) is 28.3 Å². The standard InChI is InChI=1S/C9H8ClNOS/c1-6-2-3-8(12-6)7-5-13-9(4-10)11-7/h2-3,5H,4H2,1H3. The van der Waals surface area contributed by atoms with Crippen molar-refractivity contribution in [3.63, 3.8) is 0 Å². The number of thiazole rings is 1. The summed E-state index contributed by atoms with van der Waals surface area (Å²) in [7, 11) is 0. The fourth-order valence-corrected chi connectivity index (χ4v) is 1.94. The molecular formula is C9H8ClNOS. The molecule has 13 heavy (non-hydrogen) atoms. The Morgan fingerprint density at radius 2 is 2.38 bits per heavy atom. The summed E-state index contributed by atoms with van der Waals surface area (Å²) >= 11 is 7.20. The third-order valence-electron chi connectivity index (χ3n) is 1.66. The highest BCUT2D eigenvalue weighted by Crippen LogP contribution is 2.24. The first kappa shape index (κ1) is 8.78. The van der Waals surface area contributed by atoms with Gasteiger partial charge < -0.3 is 4.42 Å². The Hall–Kier alpha value is -0.800. The number of rotatable bonds is 2. The molecule has 0 aliphatic carbocycles. The molecule has 0 saturated heterocycles. The maximum Gasteiger partial charge on any atom is 0.153 e. The van der Waals surface area contributed by atoms with Gasteiger partial charge in [-0.3, -0.25) is 0 Å². The average Bonchev–Trinajstić information content (AvgIpc) is 2.71. The second-order valence-corrected chi connectivity index (χ2v) is 3.88. The van der Waals surface area contributed by atoms with E-state index in [1.165, 1.54) is 0 Å². The molecule has 2 nitrogen and oxygen atoms in total. The maximum absolute atomic E-state index is 5.65. The first-order valence-corrected chi connectivity index (χ1v) is 5.28. The number of aryl methyl sites for hydroxylation is 1. The van der Waals surface area contributed by atoms with Crippen LogP contribution in [0.25, 0.3) is 11.5 Å². The fourth-order valence-electron chi connectivity index (χ4n) is 1.06. The molecule has 2 aromatic heterocycles. The number of nitrogens with zero attached hydrogens (tertiary/aromatic N) is 1. The summed E-state index contributed by atoms with van der Waals surface area (Å²) in [6.07, 6.45) is 0. The largest absolute Gasteiger partial charge is 0.460 e. The highest BCUT2D eigenvalue weighted by atomic mass is 35.5. The summed E-state index contributed by atoms with van der Waals surface area (Å²) in [4.78, 5) is 4.31. The summed E-state index contributed by atoms with van der Waals surface area (Å²) in [6, 6.07) is 3.84. The minimum absolute atomic E-state index is 0.463. The molecule has 0 fully saturated rings. The Morgan fingerprint density at radius 3 is 2.92 bits per heavy atom. The van der Waals surface area contributed by atoms with Crippen molar-refractivity contribution in [2.75, 3.05) is 0 Å². The minimum atomic E-state index is 0.463.